The highest BCUT2D eigenvalue weighted by Crippen LogP contribution is 2.32. The smallest absolute Gasteiger partial charge is 0.274 e. The Balaban J connectivity index is 0.000000162. The van der Waals surface area contributed by atoms with E-state index in [4.69, 9.17) is 18.5 Å². The molecule has 2 aromatic carbocycles. The van der Waals surface area contributed by atoms with Gasteiger partial charge < -0.3 is 39.0 Å². The summed E-state index contributed by atoms with van der Waals surface area (Å²) in [5, 5.41) is 13.4. The number of likely N-dealkylation sites (N-methyl/N-ethyl adjacent to an activating group) is 2. The molecule has 2 N–H and O–H groups in total. The van der Waals surface area contributed by atoms with Gasteiger partial charge in [-0.15, -0.1) is 0 Å². The highest BCUT2D eigenvalue weighted by atomic mass is 16.5. The van der Waals surface area contributed by atoms with Crippen LogP contribution < -0.4 is 29.9 Å². The van der Waals surface area contributed by atoms with Gasteiger partial charge in [0.15, 0.2) is 11.4 Å². The average molecular weight is 711 g/mol. The lowest BCUT2D eigenvalue weighted by atomic mass is 9.88. The molecule has 0 spiro atoms. The third kappa shape index (κ3) is 6.84. The predicted octanol–water partition coefficient (Wildman–Crippen LogP) is 3.91. The lowest BCUT2D eigenvalue weighted by molar-refractivity contribution is -0.121. The lowest BCUT2D eigenvalue weighted by Gasteiger charge is -2.20. The van der Waals surface area contributed by atoms with Crippen LogP contribution in [0.2, 0.25) is 0 Å². The quantitative estimate of drug-likeness (QED) is 0.317. The number of carbonyl (C=O) groups is 4. The molecule has 2 aliphatic heterocycles. The fourth-order valence-corrected chi connectivity index (χ4v) is 7.08. The molecule has 14 nitrogen and oxygen atoms in total. The van der Waals surface area contributed by atoms with E-state index in [0.717, 1.165) is 61.2 Å². The number of ether oxygens (including phenoxy) is 2. The molecule has 52 heavy (non-hydrogen) atoms. The number of fused-ring (bicyclic) bond motifs is 4. The number of aromatic nitrogens is 2. The molecule has 2 aromatic heterocycles. The van der Waals surface area contributed by atoms with E-state index in [2.05, 4.69) is 34.8 Å². The third-order valence-corrected chi connectivity index (χ3v) is 10.1. The summed E-state index contributed by atoms with van der Waals surface area (Å²) in [5.41, 5.74) is 3.65. The Hall–Kier alpha value is -5.66. The van der Waals surface area contributed by atoms with Gasteiger partial charge in [0.05, 0.1) is 11.4 Å². The van der Waals surface area contributed by atoms with Gasteiger partial charge in [-0.05, 0) is 61.8 Å². The van der Waals surface area contributed by atoms with Crippen LogP contribution in [0.1, 0.15) is 70.3 Å². The lowest BCUT2D eigenvalue weighted by Crippen LogP contribution is -2.49. The Morgan fingerprint density at radius 2 is 1.08 bits per heavy atom. The van der Waals surface area contributed by atoms with Crippen LogP contribution in [0.4, 0.5) is 11.4 Å². The minimum Gasteiger partial charge on any atom is -0.489 e. The van der Waals surface area contributed by atoms with E-state index in [1.807, 2.05) is 36.4 Å². The summed E-state index contributed by atoms with van der Waals surface area (Å²) in [6.45, 7) is 4.43. The number of amides is 4. The van der Waals surface area contributed by atoms with E-state index < -0.39 is 23.9 Å². The SMILES string of the molecule is C[C@@H]1CCc2onc(C(=O)N[C@H]3COc4ccccc4N(C)C3=O)c2C1.C[C@H]1CCc2onc(C(=O)N[C@H]3COc4ccccc4N(C)C3=O)c2C1. The molecule has 0 unspecified atom stereocenters. The van der Waals surface area contributed by atoms with Gasteiger partial charge in [0.2, 0.25) is 0 Å². The summed E-state index contributed by atoms with van der Waals surface area (Å²) >= 11 is 0. The molecular formula is C38H42N6O8. The van der Waals surface area contributed by atoms with Crippen LogP contribution >= 0.6 is 0 Å². The minimum atomic E-state index is -0.784. The first-order valence-electron chi connectivity index (χ1n) is 17.6. The Bertz CT molecular complexity index is 1860. The summed E-state index contributed by atoms with van der Waals surface area (Å²) in [6, 6.07) is 13.0. The highest BCUT2D eigenvalue weighted by Gasteiger charge is 2.35. The molecular weight excluding hydrogens is 668 g/mol. The standard InChI is InChI=1S/2C19H21N3O4/c2*1-11-7-8-15-12(9-11)17(21-26-15)18(23)20-13-10-25-16-6-4-3-5-14(16)22(2)19(13)24/h2*3-6,11,13H,7-10H2,1-2H3,(H,20,23)/t11-,13+;11-,13-/m10/s1. The Kier molecular flexibility index (Phi) is 9.71. The fraction of sp³-hybridized carbons (Fsp3) is 0.421. The van der Waals surface area contributed by atoms with Crippen LogP contribution in [-0.2, 0) is 35.3 Å². The molecule has 0 radical (unpaired) electrons. The van der Waals surface area contributed by atoms with Crippen molar-refractivity contribution < 1.29 is 37.7 Å². The molecule has 8 rings (SSSR count). The van der Waals surface area contributed by atoms with Gasteiger partial charge in [0, 0.05) is 38.1 Å². The van der Waals surface area contributed by atoms with Gasteiger partial charge in [-0.1, -0.05) is 48.4 Å². The van der Waals surface area contributed by atoms with E-state index in [1.165, 1.54) is 9.80 Å². The summed E-state index contributed by atoms with van der Waals surface area (Å²) in [5.74, 6) is 2.51. The normalized spacial score (nSPS) is 22.1. The van der Waals surface area contributed by atoms with Crippen molar-refractivity contribution in [2.75, 3.05) is 37.1 Å². The van der Waals surface area contributed by atoms with Crippen molar-refractivity contribution in [1.82, 2.24) is 20.9 Å². The Labute approximate surface area is 300 Å². The second kappa shape index (κ2) is 14.5. The number of para-hydroxylation sites is 4. The topological polar surface area (TPSA) is 169 Å². The number of anilines is 2. The molecule has 0 saturated carbocycles. The van der Waals surface area contributed by atoms with Gasteiger partial charge in [-0.3, -0.25) is 19.2 Å². The maximum Gasteiger partial charge on any atom is 0.274 e. The van der Waals surface area contributed by atoms with Crippen molar-refractivity contribution in [3.63, 3.8) is 0 Å². The number of hydrogen-bond acceptors (Lipinski definition) is 10. The maximum atomic E-state index is 12.7. The number of benzene rings is 2. The van der Waals surface area contributed by atoms with Crippen LogP contribution in [0.5, 0.6) is 11.5 Å². The molecule has 0 saturated heterocycles. The van der Waals surface area contributed by atoms with E-state index >= 15 is 0 Å². The first-order chi connectivity index (χ1) is 25.1. The van der Waals surface area contributed by atoms with E-state index in [0.29, 0.717) is 34.7 Å². The number of nitrogens with one attached hydrogen (secondary N) is 2. The fourth-order valence-electron chi connectivity index (χ4n) is 7.08. The molecule has 0 bridgehead atoms. The molecule has 272 valence electrons. The van der Waals surface area contributed by atoms with Crippen LogP contribution in [0, 0.1) is 11.8 Å². The van der Waals surface area contributed by atoms with E-state index in [9.17, 15) is 19.2 Å². The maximum absolute atomic E-state index is 12.7. The van der Waals surface area contributed by atoms with Gasteiger partial charge in [-0.2, -0.15) is 0 Å². The van der Waals surface area contributed by atoms with Crippen molar-refractivity contribution in [3.05, 3.63) is 82.6 Å². The van der Waals surface area contributed by atoms with Crippen molar-refractivity contribution >= 4 is 35.0 Å². The molecule has 4 aromatic rings. The van der Waals surface area contributed by atoms with Gasteiger partial charge in [-0.25, -0.2) is 0 Å². The molecule has 14 heteroatoms. The first kappa shape index (κ1) is 34.8. The minimum absolute atomic E-state index is 0.0718. The Morgan fingerprint density at radius 3 is 1.50 bits per heavy atom. The van der Waals surface area contributed by atoms with Crippen LogP contribution in [0.15, 0.2) is 57.6 Å². The Morgan fingerprint density at radius 1 is 0.673 bits per heavy atom. The number of aryl methyl sites for hydroxylation is 2. The van der Waals surface area contributed by atoms with Crippen LogP contribution in [-0.4, -0.2) is 73.3 Å². The summed E-state index contributed by atoms with van der Waals surface area (Å²) in [4.78, 5) is 54.0. The zero-order valence-corrected chi connectivity index (χ0v) is 29.6. The number of nitrogens with zero attached hydrogens (tertiary/aromatic N) is 4. The second-order valence-electron chi connectivity index (χ2n) is 14.0. The van der Waals surface area contributed by atoms with E-state index in [-0.39, 0.29) is 36.4 Å². The second-order valence-corrected chi connectivity index (χ2v) is 14.0. The average Bonchev–Trinajstić information content (AvgIpc) is 3.72. The van der Waals surface area contributed by atoms with Crippen molar-refractivity contribution in [1.29, 1.82) is 0 Å². The number of carbonyl (C=O) groups excluding carboxylic acids is 4. The molecule has 4 heterocycles. The predicted molar refractivity (Wildman–Crippen MR) is 189 cm³/mol. The van der Waals surface area contributed by atoms with Gasteiger partial charge >= 0.3 is 0 Å². The van der Waals surface area contributed by atoms with Crippen molar-refractivity contribution in [2.24, 2.45) is 11.8 Å². The van der Waals surface area contributed by atoms with Crippen LogP contribution in [0.3, 0.4) is 0 Å². The molecule has 2 aliphatic carbocycles. The zero-order chi connectivity index (χ0) is 36.5. The first-order valence-corrected chi connectivity index (χ1v) is 17.6. The van der Waals surface area contributed by atoms with Gasteiger partial charge in [0.25, 0.3) is 23.6 Å². The molecule has 4 amide bonds. The number of hydrogen-bond donors (Lipinski definition) is 2. The number of rotatable bonds is 4. The van der Waals surface area contributed by atoms with Crippen molar-refractivity contribution in [2.45, 2.75) is 64.5 Å². The third-order valence-electron chi connectivity index (χ3n) is 10.1. The largest absolute Gasteiger partial charge is 0.489 e. The van der Waals surface area contributed by atoms with Crippen molar-refractivity contribution in [3.8, 4) is 11.5 Å². The summed E-state index contributed by atoms with van der Waals surface area (Å²) in [6.07, 6.45) is 5.17. The molecule has 4 aliphatic rings. The molecule has 4 atom stereocenters. The highest BCUT2D eigenvalue weighted by molar-refractivity contribution is 6.04. The molecule has 0 fully saturated rings. The zero-order valence-electron chi connectivity index (χ0n) is 29.6. The monoisotopic (exact) mass is 710 g/mol. The van der Waals surface area contributed by atoms with E-state index in [1.54, 1.807) is 26.2 Å². The van der Waals surface area contributed by atoms with Gasteiger partial charge in [0.1, 0.15) is 48.3 Å². The summed E-state index contributed by atoms with van der Waals surface area (Å²) < 4.78 is 22.1. The van der Waals surface area contributed by atoms with Crippen LogP contribution in [0.25, 0.3) is 0 Å². The summed E-state index contributed by atoms with van der Waals surface area (Å²) in [7, 11) is 3.35.